The molecule has 2 aliphatic carbocycles. The van der Waals surface area contributed by atoms with Crippen molar-refractivity contribution in [1.29, 1.82) is 0 Å². The van der Waals surface area contributed by atoms with Crippen LogP contribution in [0.1, 0.15) is 209 Å². The van der Waals surface area contributed by atoms with Crippen molar-refractivity contribution < 1.29 is 0 Å². The normalized spacial score (nSPS) is 16.5. The zero-order valence-electron chi connectivity index (χ0n) is 64.5. The molecule has 0 unspecified atom stereocenters. The molecule has 0 spiro atoms. The van der Waals surface area contributed by atoms with Gasteiger partial charge in [0.25, 0.3) is 6.71 Å². The molecule has 0 fully saturated rings. The van der Waals surface area contributed by atoms with Gasteiger partial charge in [-0.25, -0.2) is 0 Å². The molecule has 1 aromatic heterocycles. The molecule has 12 aromatic rings. The summed E-state index contributed by atoms with van der Waals surface area (Å²) < 4.78 is 2.56. The van der Waals surface area contributed by atoms with E-state index in [1.54, 1.807) is 0 Å². The number of hydrogen-bond donors (Lipinski definition) is 0. The second kappa shape index (κ2) is 23.2. The van der Waals surface area contributed by atoms with Crippen molar-refractivity contribution in [2.75, 3.05) is 9.80 Å². The van der Waals surface area contributed by atoms with Crippen LogP contribution in [0.5, 0.6) is 0 Å². The van der Waals surface area contributed by atoms with Gasteiger partial charge in [-0.3, -0.25) is 0 Å². The number of anilines is 6. The first-order valence-electron chi connectivity index (χ1n) is 37.9. The Morgan fingerprint density at radius 1 is 0.294 bits per heavy atom. The molecule has 0 amide bonds. The van der Waals surface area contributed by atoms with Crippen LogP contribution in [-0.2, 0) is 43.3 Å². The Kier molecular flexibility index (Phi) is 15.3. The highest BCUT2D eigenvalue weighted by molar-refractivity contribution is 7.00. The highest BCUT2D eigenvalue weighted by Crippen LogP contribution is 2.52. The Morgan fingerprint density at radius 2 is 0.706 bits per heavy atom. The summed E-state index contributed by atoms with van der Waals surface area (Å²) in [4.78, 5) is 5.27. The molecular weight excluding hydrogens is 1230 g/mol. The molecular formula is C98H104BN3. The van der Waals surface area contributed by atoms with Gasteiger partial charge in [-0.05, 0) is 253 Å². The highest BCUT2D eigenvalue weighted by Gasteiger charge is 2.45. The Hall–Kier alpha value is -9.12. The van der Waals surface area contributed by atoms with Crippen LogP contribution in [0.3, 0.4) is 0 Å². The summed E-state index contributed by atoms with van der Waals surface area (Å²) in [5, 5.41) is 2.57. The zero-order valence-corrected chi connectivity index (χ0v) is 64.5. The van der Waals surface area contributed by atoms with Gasteiger partial charge in [-0.15, -0.1) is 0 Å². The topological polar surface area (TPSA) is 11.4 Å². The van der Waals surface area contributed by atoms with Crippen LogP contribution in [0.4, 0.5) is 34.1 Å². The molecule has 4 aliphatic rings. The lowest BCUT2D eigenvalue weighted by atomic mass is 9.33. The molecule has 2 aliphatic heterocycles. The fourth-order valence-electron chi connectivity index (χ4n) is 17.9. The second-order valence-corrected chi connectivity index (χ2v) is 37.6. The quantitative estimate of drug-likeness (QED) is 0.147. The second-order valence-electron chi connectivity index (χ2n) is 37.6. The van der Waals surface area contributed by atoms with Crippen LogP contribution in [0, 0.1) is 0 Å². The minimum Gasteiger partial charge on any atom is -0.311 e. The molecule has 0 atom stereocenters. The van der Waals surface area contributed by atoms with Gasteiger partial charge in [0.1, 0.15) is 0 Å². The summed E-state index contributed by atoms with van der Waals surface area (Å²) in [6, 6.07) is 86.9. The van der Waals surface area contributed by atoms with E-state index in [4.69, 9.17) is 0 Å². The van der Waals surface area contributed by atoms with E-state index in [1.807, 2.05) is 0 Å². The SMILES string of the molecule is CC(C)(C)c1ccc(-c2cc3c4c(c2)N(c2ccc(-c5ccc6c(c5)C(C)(C)CCC6(C)C)cc2)c2cc(-n5c6ccc(C(C)(C)C)cc6c6cc(C(C)(C)C)ccc65)ccc2B4c2cc(-c4ccccc4C(C)(C)C)ccc2N3c2ccc(-c3ccc4c(c3)C(C)(C)CCC4(C)C)cc2)cc1. The predicted octanol–water partition coefficient (Wildman–Crippen LogP) is 25.4. The summed E-state index contributed by atoms with van der Waals surface area (Å²) in [6.07, 6.45) is 4.74. The molecule has 3 heterocycles. The lowest BCUT2D eigenvalue weighted by Gasteiger charge is -2.45. The molecule has 514 valence electrons. The third kappa shape index (κ3) is 11.2. The summed E-state index contributed by atoms with van der Waals surface area (Å²) in [6.45, 7) is 47.4. The number of rotatable bonds is 7. The summed E-state index contributed by atoms with van der Waals surface area (Å²) in [5.74, 6) is 0. The van der Waals surface area contributed by atoms with Crippen LogP contribution < -0.4 is 26.2 Å². The molecule has 0 bridgehead atoms. The maximum absolute atomic E-state index is 2.65. The molecule has 102 heavy (non-hydrogen) atoms. The Labute approximate surface area is 610 Å². The first-order chi connectivity index (χ1) is 48.0. The van der Waals surface area contributed by atoms with E-state index >= 15 is 0 Å². The highest BCUT2D eigenvalue weighted by atomic mass is 15.2. The first-order valence-corrected chi connectivity index (χ1v) is 37.9. The standard InChI is InChI=1S/C98H104BN3/c1-91(2,3)68-34-25-63(26-35-68)67-56-88-90-89(57-67)101(72-40-29-62(30-41-72)65-32-44-79-81(54-65)98(19,20)52-50-96(79,15)16)87-60-73(102-84-47-36-69(92(4,5)6)58-75(84)76-59-70(93(7,8)9)37-48-85(76)102)42-45-82(87)99(90)83-55-66(74-23-21-22-24-77(74)94(10,11)12)33-46-86(83)100(88)71-38-27-61(28-39-71)64-31-43-78-80(53-64)97(17,18)51-49-95(78,13)14/h21-48,53-60H,49-52H2,1-20H3. The third-order valence-corrected chi connectivity index (χ3v) is 24.6. The first kappa shape index (κ1) is 67.4. The number of hydrogen-bond acceptors (Lipinski definition) is 2. The average molecular weight is 1330 g/mol. The van der Waals surface area contributed by atoms with Crippen molar-refractivity contribution in [1.82, 2.24) is 4.57 Å². The van der Waals surface area contributed by atoms with Gasteiger partial charge in [0.2, 0.25) is 0 Å². The van der Waals surface area contributed by atoms with E-state index in [1.165, 1.54) is 176 Å². The summed E-state index contributed by atoms with van der Waals surface area (Å²) in [7, 11) is 0. The minimum atomic E-state index is -0.146. The van der Waals surface area contributed by atoms with Crippen molar-refractivity contribution >= 4 is 79.0 Å². The minimum absolute atomic E-state index is 0.00514. The van der Waals surface area contributed by atoms with Gasteiger partial charge in [0.15, 0.2) is 0 Å². The van der Waals surface area contributed by atoms with Crippen molar-refractivity contribution in [2.24, 2.45) is 0 Å². The van der Waals surface area contributed by atoms with Crippen molar-refractivity contribution in [2.45, 2.75) is 207 Å². The largest absolute Gasteiger partial charge is 0.311 e. The lowest BCUT2D eigenvalue weighted by Crippen LogP contribution is -2.61. The molecule has 4 heteroatoms. The smallest absolute Gasteiger partial charge is 0.252 e. The van der Waals surface area contributed by atoms with E-state index in [9.17, 15) is 0 Å². The molecule has 0 radical (unpaired) electrons. The average Bonchev–Trinajstić information content (AvgIpc) is 0.773. The maximum atomic E-state index is 2.65. The van der Waals surface area contributed by atoms with Gasteiger partial charge in [-0.2, -0.15) is 0 Å². The monoisotopic (exact) mass is 1330 g/mol. The van der Waals surface area contributed by atoms with E-state index in [0.717, 1.165) is 17.1 Å². The lowest BCUT2D eigenvalue weighted by molar-refractivity contribution is 0.332. The Balaban J connectivity index is 0.973. The molecule has 3 nitrogen and oxygen atoms in total. The summed E-state index contributed by atoms with van der Waals surface area (Å²) in [5.41, 5.74) is 35.9. The number of fused-ring (bicyclic) bond motifs is 9. The molecule has 16 rings (SSSR count). The third-order valence-electron chi connectivity index (χ3n) is 24.6. The van der Waals surface area contributed by atoms with E-state index in [-0.39, 0.29) is 50.0 Å². The van der Waals surface area contributed by atoms with Gasteiger partial charge in [0, 0.05) is 50.6 Å². The van der Waals surface area contributed by atoms with Crippen LogP contribution in [-0.4, -0.2) is 11.3 Å². The van der Waals surface area contributed by atoms with Crippen molar-refractivity contribution in [3.05, 3.63) is 263 Å². The van der Waals surface area contributed by atoms with Gasteiger partial charge in [-0.1, -0.05) is 278 Å². The van der Waals surface area contributed by atoms with Crippen molar-refractivity contribution in [3.63, 3.8) is 0 Å². The molecule has 0 N–H and O–H groups in total. The summed E-state index contributed by atoms with van der Waals surface area (Å²) >= 11 is 0. The Morgan fingerprint density at radius 3 is 1.19 bits per heavy atom. The number of nitrogens with zero attached hydrogens (tertiary/aromatic N) is 3. The fourth-order valence-corrected chi connectivity index (χ4v) is 17.9. The zero-order chi connectivity index (χ0) is 71.9. The van der Waals surface area contributed by atoms with Gasteiger partial charge >= 0.3 is 0 Å². The van der Waals surface area contributed by atoms with Gasteiger partial charge < -0.3 is 14.4 Å². The van der Waals surface area contributed by atoms with Crippen molar-refractivity contribution in [3.8, 4) is 50.2 Å². The van der Waals surface area contributed by atoms with E-state index in [0.29, 0.717) is 0 Å². The fraction of sp³-hybridized carbons (Fsp3) is 0.327. The maximum Gasteiger partial charge on any atom is 0.252 e. The van der Waals surface area contributed by atoms with E-state index in [2.05, 4.69) is 371 Å². The molecule has 11 aromatic carbocycles. The Bertz CT molecular complexity index is 5290. The number of benzene rings is 11. The molecule has 0 saturated carbocycles. The van der Waals surface area contributed by atoms with Crippen LogP contribution in [0.25, 0.3) is 72.0 Å². The van der Waals surface area contributed by atoms with E-state index < -0.39 is 0 Å². The van der Waals surface area contributed by atoms with Crippen LogP contribution in [0.15, 0.2) is 218 Å². The number of aromatic nitrogens is 1. The predicted molar refractivity (Wildman–Crippen MR) is 442 cm³/mol. The van der Waals surface area contributed by atoms with Crippen LogP contribution >= 0.6 is 0 Å². The van der Waals surface area contributed by atoms with Crippen LogP contribution in [0.2, 0.25) is 0 Å². The molecule has 0 saturated heterocycles. The van der Waals surface area contributed by atoms with Gasteiger partial charge in [0.05, 0.1) is 11.0 Å².